The van der Waals surface area contributed by atoms with Gasteiger partial charge in [0.1, 0.15) is 11.5 Å². The quantitative estimate of drug-likeness (QED) is 0.728. The Morgan fingerprint density at radius 1 is 1.00 bits per heavy atom. The van der Waals surface area contributed by atoms with Crippen LogP contribution < -0.4 is 20.2 Å². The summed E-state index contributed by atoms with van der Waals surface area (Å²) in [6.07, 6.45) is 0. The highest BCUT2D eigenvalue weighted by Gasteiger charge is 2.27. The average Bonchev–Trinajstić information content (AvgIpc) is 2.53. The Hall–Kier alpha value is -2.55. The van der Waals surface area contributed by atoms with Crippen molar-refractivity contribution in [3.63, 3.8) is 0 Å². The third-order valence-electron chi connectivity index (χ3n) is 3.50. The van der Waals surface area contributed by atoms with E-state index in [9.17, 15) is 18.0 Å². The number of nitrogens with zero attached hydrogens (tertiary/aromatic N) is 2. The normalized spacial score (nSPS) is 11.3. The second-order valence-electron chi connectivity index (χ2n) is 5.06. The molecule has 0 bridgehead atoms. The molecule has 2 aromatic rings. The molecule has 130 valence electrons. The first-order valence-electron chi connectivity index (χ1n) is 7.13. The number of rotatable bonds is 5. The molecular formula is C15H18N2O6S. The zero-order valence-electron chi connectivity index (χ0n) is 13.8. The fourth-order valence-electron chi connectivity index (χ4n) is 2.13. The lowest BCUT2D eigenvalue weighted by molar-refractivity contribution is 0.340. The van der Waals surface area contributed by atoms with Gasteiger partial charge in [-0.2, -0.15) is 8.42 Å². The fraction of sp³-hybridized carbons (Fsp3) is 0.333. The summed E-state index contributed by atoms with van der Waals surface area (Å²) >= 11 is 0. The van der Waals surface area contributed by atoms with E-state index in [1.54, 1.807) is 12.1 Å². The summed E-state index contributed by atoms with van der Waals surface area (Å²) in [5, 5.41) is 0. The Bertz CT molecular complexity index is 971. The Morgan fingerprint density at radius 2 is 1.54 bits per heavy atom. The Kier molecular flexibility index (Phi) is 4.83. The van der Waals surface area contributed by atoms with Gasteiger partial charge in [-0.25, -0.2) is 4.79 Å². The first-order valence-corrected chi connectivity index (χ1v) is 8.53. The van der Waals surface area contributed by atoms with Gasteiger partial charge in [-0.15, -0.1) is 0 Å². The zero-order chi connectivity index (χ0) is 18.1. The topological polar surface area (TPSA) is 96.6 Å². The van der Waals surface area contributed by atoms with Crippen molar-refractivity contribution in [1.29, 1.82) is 0 Å². The van der Waals surface area contributed by atoms with Crippen molar-refractivity contribution in [2.75, 3.05) is 6.61 Å². The summed E-state index contributed by atoms with van der Waals surface area (Å²) < 4.78 is 37.1. The van der Waals surface area contributed by atoms with E-state index in [-0.39, 0.29) is 11.4 Å². The maximum absolute atomic E-state index is 12.5. The molecule has 0 unspecified atom stereocenters. The summed E-state index contributed by atoms with van der Waals surface area (Å²) in [4.78, 5) is 23.5. The van der Waals surface area contributed by atoms with Crippen molar-refractivity contribution in [2.45, 2.75) is 18.7 Å². The van der Waals surface area contributed by atoms with Gasteiger partial charge in [-0.05, 0) is 38.1 Å². The molecule has 1 aromatic carbocycles. The van der Waals surface area contributed by atoms with E-state index in [0.29, 0.717) is 12.4 Å². The van der Waals surface area contributed by atoms with Crippen LogP contribution in [0.5, 0.6) is 11.5 Å². The lowest BCUT2D eigenvalue weighted by Crippen LogP contribution is -2.41. The predicted molar refractivity (Wildman–Crippen MR) is 87.1 cm³/mol. The second-order valence-corrected chi connectivity index (χ2v) is 6.55. The van der Waals surface area contributed by atoms with Gasteiger partial charge in [-0.3, -0.25) is 13.9 Å². The van der Waals surface area contributed by atoms with Crippen molar-refractivity contribution in [3.8, 4) is 11.5 Å². The van der Waals surface area contributed by atoms with E-state index in [0.717, 1.165) is 9.13 Å². The highest BCUT2D eigenvalue weighted by molar-refractivity contribution is 7.87. The fourth-order valence-corrected chi connectivity index (χ4v) is 3.43. The maximum atomic E-state index is 12.5. The maximum Gasteiger partial charge on any atom is 0.346 e. The van der Waals surface area contributed by atoms with Gasteiger partial charge in [0.25, 0.3) is 5.56 Å². The van der Waals surface area contributed by atoms with Gasteiger partial charge < -0.3 is 8.92 Å². The van der Waals surface area contributed by atoms with Gasteiger partial charge in [-0.1, -0.05) is 0 Å². The van der Waals surface area contributed by atoms with Crippen LogP contribution in [-0.2, 0) is 24.2 Å². The lowest BCUT2D eigenvalue weighted by Gasteiger charge is -2.13. The molecule has 0 saturated heterocycles. The minimum atomic E-state index is -4.40. The molecule has 0 aliphatic carbocycles. The summed E-state index contributed by atoms with van der Waals surface area (Å²) in [5.41, 5.74) is -1.53. The van der Waals surface area contributed by atoms with Crippen LogP contribution in [0.15, 0.2) is 38.8 Å². The van der Waals surface area contributed by atoms with Crippen LogP contribution in [0, 0.1) is 6.92 Å². The molecule has 24 heavy (non-hydrogen) atoms. The Morgan fingerprint density at radius 3 is 2.08 bits per heavy atom. The summed E-state index contributed by atoms with van der Waals surface area (Å²) in [5.74, 6) is 0.602. The molecule has 0 spiro atoms. The summed E-state index contributed by atoms with van der Waals surface area (Å²) in [7, 11) is -1.81. The third-order valence-corrected chi connectivity index (χ3v) is 4.88. The molecule has 0 amide bonds. The van der Waals surface area contributed by atoms with Crippen molar-refractivity contribution >= 4 is 10.1 Å². The van der Waals surface area contributed by atoms with E-state index < -0.39 is 26.3 Å². The van der Waals surface area contributed by atoms with Crippen LogP contribution in [-0.4, -0.2) is 24.2 Å². The van der Waals surface area contributed by atoms with Crippen LogP contribution in [0.1, 0.15) is 12.6 Å². The minimum Gasteiger partial charge on any atom is -0.494 e. The third kappa shape index (κ3) is 3.21. The second kappa shape index (κ2) is 6.52. The van der Waals surface area contributed by atoms with Gasteiger partial charge >= 0.3 is 15.8 Å². The highest BCUT2D eigenvalue weighted by atomic mass is 32.2. The van der Waals surface area contributed by atoms with Gasteiger partial charge in [0, 0.05) is 19.8 Å². The largest absolute Gasteiger partial charge is 0.494 e. The zero-order valence-corrected chi connectivity index (χ0v) is 14.6. The van der Waals surface area contributed by atoms with Crippen LogP contribution in [0.3, 0.4) is 0 Å². The summed E-state index contributed by atoms with van der Waals surface area (Å²) in [6, 6.07) is 5.95. The SMILES string of the molecule is CCOc1ccc(OS(=O)(=O)c2c(C)n(C)c(=O)n(C)c2=O)cc1. The van der Waals surface area contributed by atoms with Gasteiger partial charge in [0.15, 0.2) is 4.90 Å². The molecule has 0 aliphatic heterocycles. The molecule has 0 saturated carbocycles. The number of benzene rings is 1. The van der Waals surface area contributed by atoms with E-state index in [2.05, 4.69) is 0 Å². The predicted octanol–water partition coefficient (Wildman–Crippen LogP) is 0.559. The van der Waals surface area contributed by atoms with E-state index in [1.165, 1.54) is 33.2 Å². The molecule has 0 fully saturated rings. The molecule has 0 aliphatic rings. The number of aromatic nitrogens is 2. The van der Waals surface area contributed by atoms with Gasteiger partial charge in [0.2, 0.25) is 0 Å². The molecule has 1 aromatic heterocycles. The highest BCUT2D eigenvalue weighted by Crippen LogP contribution is 2.21. The number of hydrogen-bond acceptors (Lipinski definition) is 6. The number of hydrogen-bond donors (Lipinski definition) is 0. The van der Waals surface area contributed by atoms with Crippen LogP contribution >= 0.6 is 0 Å². The van der Waals surface area contributed by atoms with Crippen LogP contribution in [0.4, 0.5) is 0 Å². The molecule has 0 atom stereocenters. The minimum absolute atomic E-state index is 0.00837. The molecule has 9 heteroatoms. The van der Waals surface area contributed by atoms with E-state index in [4.69, 9.17) is 8.92 Å². The molecule has 0 radical (unpaired) electrons. The van der Waals surface area contributed by atoms with Crippen molar-refractivity contribution in [2.24, 2.45) is 14.1 Å². The van der Waals surface area contributed by atoms with Crippen molar-refractivity contribution in [1.82, 2.24) is 9.13 Å². The lowest BCUT2D eigenvalue weighted by atomic mass is 10.3. The van der Waals surface area contributed by atoms with E-state index in [1.807, 2.05) is 6.92 Å². The molecule has 2 rings (SSSR count). The van der Waals surface area contributed by atoms with Crippen LogP contribution in [0.25, 0.3) is 0 Å². The summed E-state index contributed by atoms with van der Waals surface area (Å²) in [6.45, 7) is 3.68. The molecular weight excluding hydrogens is 336 g/mol. The number of ether oxygens (including phenoxy) is 1. The van der Waals surface area contributed by atoms with Gasteiger partial charge in [0.05, 0.1) is 6.61 Å². The van der Waals surface area contributed by atoms with Crippen molar-refractivity contribution in [3.05, 3.63) is 50.8 Å². The molecule has 8 nitrogen and oxygen atoms in total. The standard InChI is InChI=1S/C15H18N2O6S/c1-5-22-11-6-8-12(9-7-11)23-24(20,21)13-10(2)16(3)15(19)17(4)14(13)18/h6-9H,5H2,1-4H3. The first kappa shape index (κ1) is 17.8. The van der Waals surface area contributed by atoms with Crippen LogP contribution in [0.2, 0.25) is 0 Å². The monoisotopic (exact) mass is 354 g/mol. The average molecular weight is 354 g/mol. The smallest absolute Gasteiger partial charge is 0.346 e. The van der Waals surface area contributed by atoms with E-state index >= 15 is 0 Å². The van der Waals surface area contributed by atoms with Crippen molar-refractivity contribution < 1.29 is 17.3 Å². The first-order chi connectivity index (χ1) is 11.2. The Balaban J connectivity index is 2.49. The molecule has 0 N–H and O–H groups in total. The Labute approximate surface area is 139 Å². The molecule has 1 heterocycles.